The molecule has 0 saturated carbocycles. The van der Waals surface area contributed by atoms with E-state index in [9.17, 15) is 0 Å². The molecule has 0 saturated heterocycles. The summed E-state index contributed by atoms with van der Waals surface area (Å²) in [6.45, 7) is 10.6. The summed E-state index contributed by atoms with van der Waals surface area (Å²) in [6.07, 6.45) is 0.923. The van der Waals surface area contributed by atoms with Gasteiger partial charge in [-0.3, -0.25) is 5.10 Å². The van der Waals surface area contributed by atoms with Gasteiger partial charge in [0.25, 0.3) is 0 Å². The Kier molecular flexibility index (Phi) is 4.54. The van der Waals surface area contributed by atoms with Crippen molar-refractivity contribution in [2.24, 2.45) is 0 Å². The predicted octanol–water partition coefficient (Wildman–Crippen LogP) is 5.88. The number of hydrogen-bond donors (Lipinski definition) is 1. The third-order valence-electron chi connectivity index (χ3n) is 5.10. The van der Waals surface area contributed by atoms with Crippen molar-refractivity contribution in [3.63, 3.8) is 0 Å². The van der Waals surface area contributed by atoms with Gasteiger partial charge in [-0.15, -0.1) is 5.10 Å². The molecule has 0 amide bonds. The van der Waals surface area contributed by atoms with E-state index in [0.717, 1.165) is 17.7 Å². The fourth-order valence-electron chi connectivity index (χ4n) is 3.40. The van der Waals surface area contributed by atoms with Gasteiger partial charge in [-0.2, -0.15) is 4.63 Å². The van der Waals surface area contributed by atoms with Crippen molar-refractivity contribution in [3.8, 4) is 11.4 Å². The molecule has 2 aromatic carbocycles. The number of halogens is 1. The number of nitrogens with zero attached hydrogens (tertiary/aromatic N) is 3. The maximum Gasteiger partial charge on any atom is 0.194 e. The van der Waals surface area contributed by atoms with Gasteiger partial charge in [0.2, 0.25) is 0 Å². The van der Waals surface area contributed by atoms with E-state index in [1.54, 1.807) is 4.63 Å². The Balaban J connectivity index is 1.61. The number of fused-ring (bicyclic) bond motifs is 1. The van der Waals surface area contributed by atoms with Gasteiger partial charge in [-0.05, 0) is 37.0 Å². The zero-order valence-corrected chi connectivity index (χ0v) is 17.7. The second kappa shape index (κ2) is 6.78. The van der Waals surface area contributed by atoms with Gasteiger partial charge in [0.05, 0.1) is 5.69 Å². The summed E-state index contributed by atoms with van der Waals surface area (Å²) in [4.78, 5) is 4.64. The standard InChI is InChI=1S/C23H25ClN4/c1-14-6-7-15(2)18(12-14)13-16-8-10-17(11-9-16)21-25-22-19(24)20(23(3,4)5)26-28(22)27-21/h6-12,26H,13H2,1-5H3. The average Bonchev–Trinajstić information content (AvgIpc) is 3.18. The number of benzene rings is 2. The first kappa shape index (κ1) is 18.8. The second-order valence-electron chi connectivity index (χ2n) is 8.53. The highest BCUT2D eigenvalue weighted by Gasteiger charge is 2.24. The maximum absolute atomic E-state index is 6.53. The molecule has 0 aliphatic rings. The third kappa shape index (κ3) is 3.45. The number of aryl methyl sites for hydroxylation is 2. The molecule has 0 aliphatic heterocycles. The van der Waals surface area contributed by atoms with Crippen LogP contribution in [-0.2, 0) is 11.8 Å². The molecule has 4 aromatic rings. The van der Waals surface area contributed by atoms with Crippen LogP contribution < -0.4 is 0 Å². The molecule has 0 atom stereocenters. The number of nitrogens with one attached hydrogen (secondary N) is 1. The Morgan fingerprint density at radius 1 is 1.04 bits per heavy atom. The lowest BCUT2D eigenvalue weighted by molar-refractivity contribution is 0.557. The van der Waals surface area contributed by atoms with Crippen LogP contribution in [0.15, 0.2) is 42.5 Å². The van der Waals surface area contributed by atoms with Gasteiger partial charge < -0.3 is 0 Å². The first-order valence-electron chi connectivity index (χ1n) is 9.52. The molecule has 0 fully saturated rings. The van der Waals surface area contributed by atoms with Crippen molar-refractivity contribution in [1.82, 2.24) is 19.8 Å². The molecule has 0 spiro atoms. The normalized spacial score (nSPS) is 12.1. The summed E-state index contributed by atoms with van der Waals surface area (Å²) in [5, 5.41) is 8.48. The van der Waals surface area contributed by atoms with Gasteiger partial charge in [0, 0.05) is 11.0 Å². The first-order chi connectivity index (χ1) is 13.2. The van der Waals surface area contributed by atoms with Crippen molar-refractivity contribution < 1.29 is 0 Å². The number of H-pyrrole nitrogens is 1. The molecular formula is C23H25ClN4. The summed E-state index contributed by atoms with van der Waals surface area (Å²) < 4.78 is 1.67. The van der Waals surface area contributed by atoms with Crippen LogP contribution in [0.25, 0.3) is 17.0 Å². The molecule has 1 N–H and O–H groups in total. The van der Waals surface area contributed by atoms with Crippen LogP contribution in [0.3, 0.4) is 0 Å². The Morgan fingerprint density at radius 3 is 2.39 bits per heavy atom. The summed E-state index contributed by atoms with van der Waals surface area (Å²) in [5.74, 6) is 0.673. The molecule has 0 unspecified atom stereocenters. The summed E-state index contributed by atoms with van der Waals surface area (Å²) in [6, 6.07) is 15.1. The molecule has 0 aliphatic carbocycles. The van der Waals surface area contributed by atoms with E-state index in [1.807, 2.05) is 0 Å². The van der Waals surface area contributed by atoms with E-state index < -0.39 is 0 Å². The summed E-state index contributed by atoms with van der Waals surface area (Å²) in [7, 11) is 0. The first-order valence-corrected chi connectivity index (χ1v) is 9.90. The van der Waals surface area contributed by atoms with Crippen LogP contribution in [0.1, 0.15) is 48.7 Å². The predicted molar refractivity (Wildman–Crippen MR) is 115 cm³/mol. The van der Waals surface area contributed by atoms with Crippen LogP contribution in [0.4, 0.5) is 0 Å². The SMILES string of the molecule is Cc1ccc(C)c(Cc2ccc(-c3nc4c(Cl)c(C(C)(C)C)[nH]n4n3)cc2)c1. The number of aromatic amines is 1. The molecule has 4 rings (SSSR count). The van der Waals surface area contributed by atoms with Crippen molar-refractivity contribution in [2.75, 3.05) is 0 Å². The van der Waals surface area contributed by atoms with Gasteiger partial charge in [-0.1, -0.05) is 80.4 Å². The van der Waals surface area contributed by atoms with Crippen LogP contribution in [0.5, 0.6) is 0 Å². The molecule has 2 aromatic heterocycles. The maximum atomic E-state index is 6.53. The van der Waals surface area contributed by atoms with Gasteiger partial charge in [0.1, 0.15) is 5.02 Å². The molecule has 0 radical (unpaired) electrons. The molecule has 5 heteroatoms. The lowest BCUT2D eigenvalue weighted by Gasteiger charge is -2.16. The van der Waals surface area contributed by atoms with Crippen molar-refractivity contribution in [3.05, 3.63) is 75.4 Å². The number of rotatable bonds is 3. The van der Waals surface area contributed by atoms with Crippen molar-refractivity contribution >= 4 is 17.2 Å². The quantitative estimate of drug-likeness (QED) is 0.473. The van der Waals surface area contributed by atoms with Gasteiger partial charge in [0.15, 0.2) is 11.5 Å². The highest BCUT2D eigenvalue weighted by atomic mass is 35.5. The highest BCUT2D eigenvalue weighted by Crippen LogP contribution is 2.31. The van der Waals surface area contributed by atoms with Crippen LogP contribution >= 0.6 is 11.6 Å². The fourth-order valence-corrected chi connectivity index (χ4v) is 3.85. The Bertz CT molecular complexity index is 1140. The minimum atomic E-state index is -0.0881. The zero-order valence-electron chi connectivity index (χ0n) is 17.0. The lowest BCUT2D eigenvalue weighted by atomic mass is 9.92. The van der Waals surface area contributed by atoms with Gasteiger partial charge >= 0.3 is 0 Å². The Morgan fingerprint density at radius 2 is 1.75 bits per heavy atom. The molecular weight excluding hydrogens is 368 g/mol. The topological polar surface area (TPSA) is 46.0 Å². The number of hydrogen-bond acceptors (Lipinski definition) is 2. The van der Waals surface area contributed by atoms with E-state index in [0.29, 0.717) is 16.5 Å². The minimum Gasteiger partial charge on any atom is -0.278 e. The monoisotopic (exact) mass is 392 g/mol. The minimum absolute atomic E-state index is 0.0881. The largest absolute Gasteiger partial charge is 0.278 e. The molecule has 4 nitrogen and oxygen atoms in total. The molecule has 2 heterocycles. The number of aromatic nitrogens is 4. The van der Waals surface area contributed by atoms with E-state index in [4.69, 9.17) is 11.6 Å². The van der Waals surface area contributed by atoms with Crippen molar-refractivity contribution in [1.29, 1.82) is 0 Å². The smallest absolute Gasteiger partial charge is 0.194 e. The highest BCUT2D eigenvalue weighted by molar-refractivity contribution is 6.34. The van der Waals surface area contributed by atoms with E-state index in [2.05, 4.69) is 92.3 Å². The molecule has 144 valence electrons. The van der Waals surface area contributed by atoms with E-state index in [-0.39, 0.29) is 5.41 Å². The van der Waals surface area contributed by atoms with Gasteiger partial charge in [-0.25, -0.2) is 4.98 Å². The third-order valence-corrected chi connectivity index (χ3v) is 5.46. The lowest BCUT2D eigenvalue weighted by Crippen LogP contribution is -2.12. The second-order valence-corrected chi connectivity index (χ2v) is 8.90. The van der Waals surface area contributed by atoms with E-state index in [1.165, 1.54) is 22.3 Å². The van der Waals surface area contributed by atoms with Crippen molar-refractivity contribution in [2.45, 2.75) is 46.5 Å². The van der Waals surface area contributed by atoms with E-state index >= 15 is 0 Å². The molecule has 28 heavy (non-hydrogen) atoms. The Labute approximate surface area is 170 Å². The molecule has 0 bridgehead atoms. The van der Waals surface area contributed by atoms with Crippen LogP contribution in [-0.4, -0.2) is 19.8 Å². The average molecular weight is 393 g/mol. The fraction of sp³-hybridized carbons (Fsp3) is 0.304. The summed E-state index contributed by atoms with van der Waals surface area (Å²) in [5.41, 5.74) is 7.76. The Hall–Kier alpha value is -2.59. The van der Waals surface area contributed by atoms with Crippen LogP contribution in [0, 0.1) is 13.8 Å². The summed E-state index contributed by atoms with van der Waals surface area (Å²) >= 11 is 6.53. The van der Waals surface area contributed by atoms with Crippen LogP contribution in [0.2, 0.25) is 5.02 Å². The zero-order chi connectivity index (χ0) is 20.1.